The third kappa shape index (κ3) is 8.18. The van der Waals surface area contributed by atoms with E-state index in [-0.39, 0.29) is 30.8 Å². The van der Waals surface area contributed by atoms with Gasteiger partial charge in [-0.3, -0.25) is 4.79 Å². The number of nitriles is 1. The van der Waals surface area contributed by atoms with Gasteiger partial charge in [0.2, 0.25) is 0 Å². The van der Waals surface area contributed by atoms with Crippen molar-refractivity contribution in [3.8, 4) is 17.8 Å². The maximum absolute atomic E-state index is 13.9. The molecule has 1 unspecified atom stereocenters. The van der Waals surface area contributed by atoms with Crippen molar-refractivity contribution in [1.82, 2.24) is 19.8 Å². The number of piperidine rings is 1. The summed E-state index contributed by atoms with van der Waals surface area (Å²) in [7, 11) is 3.67. The van der Waals surface area contributed by atoms with Crippen LogP contribution in [0.25, 0.3) is 10.8 Å². The third-order valence-corrected chi connectivity index (χ3v) is 9.14. The molecule has 49 heavy (non-hydrogen) atoms. The summed E-state index contributed by atoms with van der Waals surface area (Å²) >= 11 is 0. The lowest BCUT2D eigenvalue weighted by Gasteiger charge is -2.40. The number of amides is 2. The van der Waals surface area contributed by atoms with Crippen molar-refractivity contribution < 1.29 is 23.8 Å². The Hall–Kier alpha value is -5.41. The first kappa shape index (κ1) is 33.5. The van der Waals surface area contributed by atoms with E-state index in [0.717, 1.165) is 42.1 Å². The first-order valence-corrected chi connectivity index (χ1v) is 16.6. The van der Waals surface area contributed by atoms with Gasteiger partial charge in [-0.2, -0.15) is 15.2 Å². The number of carbonyl (C=O) groups excluding carboxylic acids is 2. The van der Waals surface area contributed by atoms with Crippen molar-refractivity contribution in [2.45, 2.75) is 44.4 Å². The molecule has 0 saturated carbocycles. The smallest absolute Gasteiger partial charge is 0.410 e. The lowest BCUT2D eigenvalue weighted by atomic mass is 10.0. The minimum atomic E-state index is -0.474. The Labute approximate surface area is 286 Å². The molecule has 12 nitrogen and oxygen atoms in total. The Morgan fingerprint density at radius 2 is 1.80 bits per heavy atom. The molecule has 0 bridgehead atoms. The van der Waals surface area contributed by atoms with E-state index in [1.54, 1.807) is 24.1 Å². The molecule has 6 rings (SSSR count). The Morgan fingerprint density at radius 1 is 0.980 bits per heavy atom. The van der Waals surface area contributed by atoms with Gasteiger partial charge in [0.05, 0.1) is 31.3 Å². The number of nitrogens with one attached hydrogen (secondary N) is 1. The van der Waals surface area contributed by atoms with Crippen LogP contribution in [-0.2, 0) is 11.3 Å². The molecule has 1 aromatic heterocycles. The molecule has 2 saturated heterocycles. The summed E-state index contributed by atoms with van der Waals surface area (Å²) in [5.41, 5.74) is 1.60. The molecule has 2 fully saturated rings. The van der Waals surface area contributed by atoms with Gasteiger partial charge >= 0.3 is 12.1 Å². The minimum Gasteiger partial charge on any atom is -0.497 e. The number of anilines is 2. The summed E-state index contributed by atoms with van der Waals surface area (Å²) in [5.74, 6) is 0.656. The monoisotopic (exact) mass is 663 g/mol. The molecule has 3 heterocycles. The van der Waals surface area contributed by atoms with Crippen molar-refractivity contribution in [3.63, 3.8) is 0 Å². The minimum absolute atomic E-state index is 0.0960. The number of benzene rings is 3. The number of likely N-dealkylation sites (N-methyl/N-ethyl adjacent to an activating group) is 1. The SMILES string of the molecule is COc1cc(NC(=O)c2cc(N3CCN(C(=O)OCc4ccccc4)[C@@H](CC#N)C3)nc(OCC3CCCCN3C)n2)c2ccccc2c1. The molecule has 2 aliphatic rings. The fourth-order valence-electron chi connectivity index (χ4n) is 6.36. The molecule has 12 heteroatoms. The number of piperazine rings is 1. The molecule has 0 radical (unpaired) electrons. The second-order valence-corrected chi connectivity index (χ2v) is 12.4. The van der Waals surface area contributed by atoms with E-state index in [9.17, 15) is 14.9 Å². The molecule has 0 spiro atoms. The van der Waals surface area contributed by atoms with Crippen LogP contribution in [0.4, 0.5) is 16.3 Å². The largest absolute Gasteiger partial charge is 0.497 e. The maximum Gasteiger partial charge on any atom is 0.410 e. The molecule has 3 aromatic carbocycles. The van der Waals surface area contributed by atoms with Gasteiger partial charge in [-0.15, -0.1) is 0 Å². The number of nitrogens with zero attached hydrogens (tertiary/aromatic N) is 6. The zero-order valence-electron chi connectivity index (χ0n) is 27.9. The first-order chi connectivity index (χ1) is 23.9. The van der Waals surface area contributed by atoms with Crippen molar-refractivity contribution in [3.05, 3.63) is 84.1 Å². The van der Waals surface area contributed by atoms with E-state index in [1.165, 1.54) is 0 Å². The molecule has 254 valence electrons. The molecule has 1 N–H and O–H groups in total. The number of hydrogen-bond donors (Lipinski definition) is 1. The summed E-state index contributed by atoms with van der Waals surface area (Å²) in [6.45, 7) is 2.56. The molecule has 4 aromatic rings. The number of aromatic nitrogens is 2. The summed E-state index contributed by atoms with van der Waals surface area (Å²) in [6, 6.07) is 24.6. The number of methoxy groups -OCH3 is 1. The highest BCUT2D eigenvalue weighted by Crippen LogP contribution is 2.30. The molecular weight excluding hydrogens is 622 g/mol. The van der Waals surface area contributed by atoms with Gasteiger partial charge in [-0.25, -0.2) is 4.79 Å². The van der Waals surface area contributed by atoms with E-state index in [4.69, 9.17) is 19.2 Å². The van der Waals surface area contributed by atoms with Crippen LogP contribution in [0.2, 0.25) is 0 Å². The average molecular weight is 664 g/mol. The van der Waals surface area contributed by atoms with Crippen molar-refractivity contribution in [2.75, 3.05) is 57.2 Å². The second-order valence-electron chi connectivity index (χ2n) is 12.4. The first-order valence-electron chi connectivity index (χ1n) is 16.6. The highest BCUT2D eigenvalue weighted by molar-refractivity contribution is 6.09. The van der Waals surface area contributed by atoms with E-state index < -0.39 is 18.0 Å². The molecule has 2 aliphatic heterocycles. The Kier molecular flexibility index (Phi) is 10.7. The van der Waals surface area contributed by atoms with E-state index >= 15 is 0 Å². The quantitative estimate of drug-likeness (QED) is 0.232. The highest BCUT2D eigenvalue weighted by atomic mass is 16.6. The Bertz CT molecular complexity index is 1810. The maximum atomic E-state index is 13.9. The summed E-state index contributed by atoms with van der Waals surface area (Å²) < 4.78 is 17.3. The van der Waals surface area contributed by atoms with Crippen LogP contribution >= 0.6 is 0 Å². The summed E-state index contributed by atoms with van der Waals surface area (Å²) in [6.07, 6.45) is 2.91. The zero-order chi connectivity index (χ0) is 34.2. The summed E-state index contributed by atoms with van der Waals surface area (Å²) in [4.78, 5) is 42.1. The van der Waals surface area contributed by atoms with Crippen molar-refractivity contribution >= 4 is 34.3 Å². The predicted molar refractivity (Wildman–Crippen MR) is 186 cm³/mol. The van der Waals surface area contributed by atoms with Crippen LogP contribution in [0.3, 0.4) is 0 Å². The molecular formula is C37H41N7O5. The standard InChI is InChI=1S/C37H41N7O5/c1-42-17-9-8-13-29(42)25-48-36-40-33(35(45)39-32-21-30(47-2)20-27-12-6-7-14-31(27)32)22-34(41-36)43-18-19-44(28(23-43)15-16-38)37(46)49-24-26-10-4-3-5-11-26/h3-7,10-12,14,20-22,28-29H,8-9,13,15,17-19,23-25H2,1-2H3,(H,39,45)/t28-,29?/m0/s1. The lowest BCUT2D eigenvalue weighted by Crippen LogP contribution is -2.55. The van der Waals surface area contributed by atoms with Crippen LogP contribution < -0.4 is 19.7 Å². The van der Waals surface area contributed by atoms with Gasteiger partial charge in [-0.1, -0.05) is 61.0 Å². The van der Waals surface area contributed by atoms with E-state index in [0.29, 0.717) is 43.5 Å². The van der Waals surface area contributed by atoms with Gasteiger partial charge < -0.3 is 34.2 Å². The number of fused-ring (bicyclic) bond motifs is 1. The van der Waals surface area contributed by atoms with Crippen LogP contribution in [0.1, 0.15) is 41.7 Å². The van der Waals surface area contributed by atoms with Crippen LogP contribution in [0.15, 0.2) is 72.8 Å². The fourth-order valence-corrected chi connectivity index (χ4v) is 6.36. The third-order valence-electron chi connectivity index (χ3n) is 9.14. The highest BCUT2D eigenvalue weighted by Gasteiger charge is 2.33. The fraction of sp³-hybridized carbons (Fsp3) is 0.378. The van der Waals surface area contributed by atoms with E-state index in [1.807, 2.05) is 65.6 Å². The lowest BCUT2D eigenvalue weighted by molar-refractivity contribution is 0.0767. The van der Waals surface area contributed by atoms with Crippen molar-refractivity contribution in [2.24, 2.45) is 0 Å². The average Bonchev–Trinajstić information content (AvgIpc) is 3.13. The number of ether oxygens (including phenoxy) is 3. The van der Waals surface area contributed by atoms with E-state index in [2.05, 4.69) is 28.3 Å². The molecule has 0 aliphatic carbocycles. The van der Waals surface area contributed by atoms with Crippen LogP contribution in [-0.4, -0.2) is 90.8 Å². The topological polar surface area (TPSA) is 133 Å². The van der Waals surface area contributed by atoms with Gasteiger partial charge in [-0.05, 0) is 43.5 Å². The second kappa shape index (κ2) is 15.7. The Balaban J connectivity index is 1.24. The number of carbonyl (C=O) groups is 2. The number of hydrogen-bond acceptors (Lipinski definition) is 10. The zero-order valence-corrected chi connectivity index (χ0v) is 27.9. The van der Waals surface area contributed by atoms with Gasteiger partial charge in [0.15, 0.2) is 0 Å². The van der Waals surface area contributed by atoms with Gasteiger partial charge in [0.1, 0.15) is 30.5 Å². The molecule has 2 amide bonds. The Morgan fingerprint density at radius 3 is 2.59 bits per heavy atom. The van der Waals surface area contributed by atoms with Gasteiger partial charge in [0.25, 0.3) is 5.91 Å². The van der Waals surface area contributed by atoms with Gasteiger partial charge in [0, 0.05) is 43.2 Å². The number of likely N-dealkylation sites (tertiary alicyclic amines) is 1. The normalized spacial score (nSPS) is 18.1. The van der Waals surface area contributed by atoms with Crippen molar-refractivity contribution in [1.29, 1.82) is 5.26 Å². The van der Waals surface area contributed by atoms with Crippen LogP contribution in [0, 0.1) is 11.3 Å². The van der Waals surface area contributed by atoms with Crippen LogP contribution in [0.5, 0.6) is 11.8 Å². The predicted octanol–water partition coefficient (Wildman–Crippen LogP) is 5.49. The molecule has 2 atom stereocenters. The summed E-state index contributed by atoms with van der Waals surface area (Å²) in [5, 5.41) is 14.5. The number of rotatable bonds is 10.